The fourth-order valence-electron chi connectivity index (χ4n) is 6.04. The first-order valence-electron chi connectivity index (χ1n) is 18.5. The van der Waals surface area contributed by atoms with Gasteiger partial charge >= 0.3 is 0 Å². The third kappa shape index (κ3) is 8.47. The number of fused-ring (bicyclic) bond motifs is 4. The van der Waals surface area contributed by atoms with Crippen LogP contribution in [0.15, 0.2) is 72.6 Å². The first-order chi connectivity index (χ1) is 23.3. The van der Waals surface area contributed by atoms with E-state index in [1.165, 1.54) is 26.9 Å². The van der Waals surface area contributed by atoms with Crippen LogP contribution in [-0.2, 0) is 30.3 Å². The number of carbonyl (C=O) groups excluding carboxylic acids is 1. The van der Waals surface area contributed by atoms with Crippen molar-refractivity contribution < 1.29 is 32.7 Å². The molecular weight excluding hydrogens is 815 g/mol. The molecular formula is C43H56IrNO2SSi-. The predicted octanol–water partition coefficient (Wildman–Crippen LogP) is 12.6. The number of rotatable bonds is 9. The first-order valence-corrected chi connectivity index (χ1v) is 21.8. The molecule has 0 saturated carbocycles. The summed E-state index contributed by atoms with van der Waals surface area (Å²) in [7, 11) is -1.58. The Morgan fingerprint density at radius 1 is 0.878 bits per heavy atom. The standard InChI is InChI=1S/C28H28NSSi.C15H28O2.Ir/c1-28(2,3)23-17-19(16-18-10-7-8-11-20(18)23)25-27-22(14-15-29-25)21-12-9-13-24(26(21)30-27)31(4,5)6;1-7-14(5,8-2)12(16)11-13(17)15(6,9-3)10-4;/h7-15,17H,1-6H3;11,16H,7-10H2,1-6H3;/q-1;;/b;12-11-;/i14D,15D;;. The minimum absolute atomic E-state index is 0. The Labute approximate surface area is 316 Å². The molecule has 49 heavy (non-hydrogen) atoms. The van der Waals surface area contributed by atoms with Gasteiger partial charge in [0.2, 0.25) is 0 Å². The van der Waals surface area contributed by atoms with Gasteiger partial charge in [0.1, 0.15) is 5.76 Å². The van der Waals surface area contributed by atoms with Crippen LogP contribution in [0.5, 0.6) is 0 Å². The van der Waals surface area contributed by atoms with Crippen LogP contribution in [0.1, 0.15) is 96.3 Å². The molecule has 0 fully saturated rings. The van der Waals surface area contributed by atoms with Gasteiger partial charge in [0.25, 0.3) is 0 Å². The average Bonchev–Trinajstić information content (AvgIpc) is 3.47. The molecule has 0 bridgehead atoms. The molecule has 3 aromatic carbocycles. The Kier molecular flexibility index (Phi) is 12.1. The van der Waals surface area contributed by atoms with Crippen LogP contribution in [-0.4, -0.2) is 23.9 Å². The first kappa shape index (κ1) is 37.6. The fourth-order valence-corrected chi connectivity index (χ4v) is 9.70. The quantitative estimate of drug-likeness (QED) is 0.0695. The molecule has 5 rings (SSSR count). The summed E-state index contributed by atoms with van der Waals surface area (Å²) < 4.78 is 19.5. The van der Waals surface area contributed by atoms with Gasteiger partial charge in [-0.25, -0.2) is 0 Å². The molecule has 2 aromatic heterocycles. The van der Waals surface area contributed by atoms with Crippen molar-refractivity contribution in [3.05, 3.63) is 84.2 Å². The molecule has 0 amide bonds. The minimum Gasteiger partial charge on any atom is -0.512 e. The summed E-state index contributed by atoms with van der Waals surface area (Å²) in [5.74, 6) is 0.286. The third-order valence-electron chi connectivity index (χ3n) is 10.5. The van der Waals surface area contributed by atoms with Crippen LogP contribution in [0.4, 0.5) is 0 Å². The topological polar surface area (TPSA) is 50.2 Å². The van der Waals surface area contributed by atoms with Crippen LogP contribution in [0.2, 0.25) is 19.6 Å². The van der Waals surface area contributed by atoms with Crippen LogP contribution in [0, 0.1) is 16.9 Å². The van der Waals surface area contributed by atoms with Crippen molar-refractivity contribution in [2.75, 3.05) is 0 Å². The van der Waals surface area contributed by atoms with E-state index in [1.54, 1.807) is 11.3 Å². The van der Waals surface area contributed by atoms with E-state index in [2.05, 4.69) is 93.9 Å². The number of aromatic nitrogens is 1. The summed E-state index contributed by atoms with van der Waals surface area (Å²) in [4.78, 5) is 16.8. The Bertz CT molecular complexity index is 2060. The van der Waals surface area contributed by atoms with E-state index in [9.17, 15) is 9.90 Å². The summed E-state index contributed by atoms with van der Waals surface area (Å²) >= 11 is 1.73. The summed E-state index contributed by atoms with van der Waals surface area (Å²) in [6.45, 7) is 25.8. The number of benzene rings is 3. The van der Waals surface area contributed by atoms with E-state index in [4.69, 9.17) is 2.74 Å². The zero-order valence-corrected chi connectivity index (χ0v) is 35.8. The van der Waals surface area contributed by atoms with Crippen molar-refractivity contribution in [2.45, 2.75) is 113 Å². The summed E-state index contributed by atoms with van der Waals surface area (Å²) in [6.07, 6.45) is 4.78. The second-order valence-electron chi connectivity index (χ2n) is 15.8. The van der Waals surface area contributed by atoms with E-state index in [0.29, 0.717) is 0 Å². The Hall–Kier alpha value is -2.63. The van der Waals surface area contributed by atoms with Crippen LogP contribution >= 0.6 is 11.3 Å². The maximum Gasteiger partial charge on any atom is 0.164 e. The number of aliphatic hydroxyl groups is 1. The molecule has 0 unspecified atom stereocenters. The van der Waals surface area contributed by atoms with Gasteiger partial charge in [0, 0.05) is 58.3 Å². The largest absolute Gasteiger partial charge is 0.512 e. The average molecular weight is 873 g/mol. The van der Waals surface area contributed by atoms with Crippen molar-refractivity contribution in [3.63, 3.8) is 0 Å². The zero-order valence-electron chi connectivity index (χ0n) is 33.6. The van der Waals surface area contributed by atoms with E-state index in [-0.39, 0.29) is 60.1 Å². The maximum atomic E-state index is 12.2. The number of hydrogen-bond donors (Lipinski definition) is 1. The predicted molar refractivity (Wildman–Crippen MR) is 214 cm³/mol. The number of carbonyl (C=O) groups is 1. The van der Waals surface area contributed by atoms with E-state index in [1.807, 2.05) is 47.6 Å². The van der Waals surface area contributed by atoms with E-state index < -0.39 is 8.07 Å². The van der Waals surface area contributed by atoms with Crippen molar-refractivity contribution in [1.82, 2.24) is 4.98 Å². The van der Waals surface area contributed by atoms with Crippen molar-refractivity contribution in [3.8, 4) is 11.3 Å². The third-order valence-corrected chi connectivity index (χ3v) is 14.0. The van der Waals surface area contributed by atoms with Crippen molar-refractivity contribution in [2.24, 2.45) is 10.8 Å². The summed E-state index contributed by atoms with van der Waals surface area (Å²) in [5.41, 5.74) is 2.26. The number of pyridine rings is 1. The molecule has 2 heterocycles. The van der Waals surface area contributed by atoms with Gasteiger partial charge < -0.3 is 5.11 Å². The van der Waals surface area contributed by atoms with Gasteiger partial charge in [-0.3, -0.25) is 9.78 Å². The molecule has 1 N–H and O–H groups in total. The smallest absolute Gasteiger partial charge is 0.164 e. The molecule has 0 saturated heterocycles. The monoisotopic (exact) mass is 873 g/mol. The second-order valence-corrected chi connectivity index (χ2v) is 21.8. The molecule has 0 spiro atoms. The van der Waals surface area contributed by atoms with Crippen LogP contribution in [0.25, 0.3) is 42.2 Å². The molecule has 5 aromatic rings. The molecule has 0 aliphatic heterocycles. The molecule has 0 atom stereocenters. The van der Waals surface area contributed by atoms with Gasteiger partial charge in [-0.2, -0.15) is 0 Å². The maximum absolute atomic E-state index is 12.2. The number of nitrogens with zero attached hydrogens (tertiary/aromatic N) is 1. The van der Waals surface area contributed by atoms with Gasteiger partial charge in [-0.05, 0) is 53.1 Å². The van der Waals surface area contributed by atoms with Crippen molar-refractivity contribution in [1.29, 1.82) is 0 Å². The summed E-state index contributed by atoms with van der Waals surface area (Å²) in [6, 6.07) is 20.8. The molecule has 0 aliphatic rings. The zero-order chi connectivity index (χ0) is 37.4. The summed E-state index contributed by atoms with van der Waals surface area (Å²) in [5, 5.41) is 15.7. The van der Waals surface area contributed by atoms with Gasteiger partial charge in [0.05, 0.1) is 10.8 Å². The van der Waals surface area contributed by atoms with Gasteiger partial charge in [-0.1, -0.05) is 129 Å². The molecule has 265 valence electrons. The van der Waals surface area contributed by atoms with E-state index >= 15 is 0 Å². The molecule has 0 aliphatic carbocycles. The van der Waals surface area contributed by atoms with Gasteiger partial charge in [-0.15, -0.1) is 40.5 Å². The number of ketones is 1. The number of thiophene rings is 1. The molecule has 3 nitrogen and oxygen atoms in total. The Balaban J connectivity index is 0.000000335. The van der Waals surface area contributed by atoms with Crippen LogP contribution in [0.3, 0.4) is 0 Å². The Morgan fingerprint density at radius 2 is 1.47 bits per heavy atom. The molecule has 1 radical (unpaired) electrons. The minimum atomic E-state index is -1.58. The second kappa shape index (κ2) is 15.7. The van der Waals surface area contributed by atoms with Crippen LogP contribution < -0.4 is 5.19 Å². The number of allylic oxidation sites excluding steroid dienone is 2. The molecule has 6 heteroatoms. The number of hydrogen-bond acceptors (Lipinski definition) is 4. The van der Waals surface area contributed by atoms with Crippen molar-refractivity contribution >= 4 is 61.3 Å². The number of aliphatic hydroxyl groups excluding tert-OH is 1. The normalized spacial score (nSPS) is 13.5. The SMILES string of the molecule is CCC(C)(CC)C(=O)/C=C(\O)C(C)(CC)CC.[2H]c1nc(-c2[c-]c3ccccc3c(C(C)(C)C)c2)c2sc3c([Si](C)(C)C)cccc3c2c1[2H].[Ir]. The van der Waals surface area contributed by atoms with Gasteiger partial charge in [0.15, 0.2) is 5.78 Å². The van der Waals surface area contributed by atoms with E-state index in [0.717, 1.165) is 57.8 Å². The Morgan fingerprint density at radius 3 is 2.04 bits per heavy atom. The fraction of sp³-hybridized carbons (Fsp3) is 0.442.